The lowest BCUT2D eigenvalue weighted by molar-refractivity contribution is 0.595. The molecule has 0 saturated carbocycles. The number of benzene rings is 2. The maximum absolute atomic E-state index is 13.2. The third kappa shape index (κ3) is 3.50. The van der Waals surface area contributed by atoms with Crippen LogP contribution in [0.1, 0.15) is 5.56 Å². The third-order valence-electron chi connectivity index (χ3n) is 2.48. The molecule has 0 heterocycles. The largest absolute Gasteiger partial charge is 0.280 e. The van der Waals surface area contributed by atoms with Crippen LogP contribution in [0.4, 0.5) is 10.1 Å². The fraction of sp³-hybridized carbons (Fsp3) is 0.0769. The summed E-state index contributed by atoms with van der Waals surface area (Å²) in [4.78, 5) is -0.295. The van der Waals surface area contributed by atoms with E-state index in [1.165, 1.54) is 6.07 Å². The van der Waals surface area contributed by atoms with Crippen molar-refractivity contribution >= 4 is 43.2 Å². The highest BCUT2D eigenvalue weighted by Gasteiger charge is 2.19. The Morgan fingerprint density at radius 3 is 2.55 bits per heavy atom. The summed E-state index contributed by atoms with van der Waals surface area (Å²) in [5.41, 5.74) is 1.25. The summed E-state index contributed by atoms with van der Waals surface area (Å²) < 4.78 is 40.7. The molecular formula is C13H10BrClFNO2S. The fourth-order valence-electron chi connectivity index (χ4n) is 1.69. The number of rotatable bonds is 3. The second kappa shape index (κ2) is 5.71. The molecule has 0 aliphatic carbocycles. The van der Waals surface area contributed by atoms with Gasteiger partial charge in [-0.25, -0.2) is 12.8 Å². The molecule has 0 unspecified atom stereocenters. The summed E-state index contributed by atoms with van der Waals surface area (Å²) in [5, 5.41) is -0.0365. The van der Waals surface area contributed by atoms with Crippen LogP contribution in [0.5, 0.6) is 0 Å². The molecule has 2 rings (SSSR count). The molecule has 0 spiro atoms. The Morgan fingerprint density at radius 2 is 1.90 bits per heavy atom. The quantitative estimate of drug-likeness (QED) is 0.863. The summed E-state index contributed by atoms with van der Waals surface area (Å²) in [6, 6.07) is 8.30. The van der Waals surface area contributed by atoms with Crippen LogP contribution in [0.2, 0.25) is 5.02 Å². The number of hydrogen-bond donors (Lipinski definition) is 1. The summed E-state index contributed by atoms with van der Waals surface area (Å²) in [6.45, 7) is 1.83. The maximum atomic E-state index is 13.2. The number of aryl methyl sites for hydroxylation is 1. The monoisotopic (exact) mass is 377 g/mol. The van der Waals surface area contributed by atoms with E-state index in [0.29, 0.717) is 5.69 Å². The first kappa shape index (κ1) is 15.3. The minimum atomic E-state index is -3.94. The van der Waals surface area contributed by atoms with Crippen LogP contribution in [0.3, 0.4) is 0 Å². The van der Waals surface area contributed by atoms with Crippen LogP contribution in [0.15, 0.2) is 45.8 Å². The molecule has 106 valence electrons. The molecule has 0 aromatic heterocycles. The van der Waals surface area contributed by atoms with E-state index < -0.39 is 15.8 Å². The Labute approximate surface area is 130 Å². The predicted molar refractivity (Wildman–Crippen MR) is 81.1 cm³/mol. The highest BCUT2D eigenvalue weighted by Crippen LogP contribution is 2.26. The summed E-state index contributed by atoms with van der Waals surface area (Å²) in [5.74, 6) is -0.666. The molecule has 0 atom stereocenters. The van der Waals surface area contributed by atoms with Crippen molar-refractivity contribution in [2.75, 3.05) is 4.72 Å². The first-order valence-corrected chi connectivity index (χ1v) is 8.18. The van der Waals surface area contributed by atoms with Crippen LogP contribution in [0.25, 0.3) is 0 Å². The molecule has 2 aromatic rings. The van der Waals surface area contributed by atoms with Gasteiger partial charge in [-0.3, -0.25) is 4.72 Å². The Bertz CT molecular complexity index is 745. The van der Waals surface area contributed by atoms with E-state index in [9.17, 15) is 12.8 Å². The van der Waals surface area contributed by atoms with Gasteiger partial charge < -0.3 is 0 Å². The lowest BCUT2D eigenvalue weighted by Crippen LogP contribution is -2.13. The van der Waals surface area contributed by atoms with Crippen molar-refractivity contribution in [1.29, 1.82) is 0 Å². The Morgan fingerprint density at radius 1 is 1.20 bits per heavy atom. The SMILES string of the molecule is Cc1cc(Br)cc(NS(=O)(=O)c2cc(F)ccc2Cl)c1. The molecule has 0 radical (unpaired) electrons. The van der Waals surface area contributed by atoms with Crippen LogP contribution in [0, 0.1) is 12.7 Å². The zero-order chi connectivity index (χ0) is 14.9. The van der Waals surface area contributed by atoms with E-state index in [-0.39, 0.29) is 9.92 Å². The molecule has 20 heavy (non-hydrogen) atoms. The van der Waals surface area contributed by atoms with E-state index in [4.69, 9.17) is 11.6 Å². The number of halogens is 3. The topological polar surface area (TPSA) is 46.2 Å². The van der Waals surface area contributed by atoms with Crippen LogP contribution in [-0.4, -0.2) is 8.42 Å². The highest BCUT2D eigenvalue weighted by molar-refractivity contribution is 9.10. The van der Waals surface area contributed by atoms with Gasteiger partial charge in [-0.1, -0.05) is 27.5 Å². The van der Waals surface area contributed by atoms with Gasteiger partial charge >= 0.3 is 0 Å². The van der Waals surface area contributed by atoms with E-state index in [0.717, 1.165) is 22.2 Å². The summed E-state index contributed by atoms with van der Waals surface area (Å²) in [7, 11) is -3.94. The second-order valence-electron chi connectivity index (χ2n) is 4.20. The first-order chi connectivity index (χ1) is 9.28. The van der Waals surface area contributed by atoms with Crippen molar-refractivity contribution in [1.82, 2.24) is 0 Å². The highest BCUT2D eigenvalue weighted by atomic mass is 79.9. The standard InChI is InChI=1S/C13H10BrClFNO2S/c1-8-4-9(14)6-11(5-8)17-20(18,19)13-7-10(16)2-3-12(13)15/h2-7,17H,1H3. The van der Waals surface area contributed by atoms with Gasteiger partial charge in [-0.2, -0.15) is 0 Å². The Balaban J connectivity index is 2.43. The number of sulfonamides is 1. The minimum Gasteiger partial charge on any atom is -0.280 e. The molecule has 0 saturated heterocycles. The van der Waals surface area contributed by atoms with Gasteiger partial charge in [0.2, 0.25) is 0 Å². The Kier molecular flexibility index (Phi) is 4.36. The van der Waals surface area contributed by atoms with Gasteiger partial charge in [0.05, 0.1) is 10.7 Å². The summed E-state index contributed by atoms with van der Waals surface area (Å²) in [6.07, 6.45) is 0. The zero-order valence-corrected chi connectivity index (χ0v) is 13.5. The smallest absolute Gasteiger partial charge is 0.263 e. The minimum absolute atomic E-state index is 0.0365. The lowest BCUT2D eigenvalue weighted by Gasteiger charge is -2.10. The number of hydrogen-bond acceptors (Lipinski definition) is 2. The number of anilines is 1. The van der Waals surface area contributed by atoms with Gasteiger partial charge in [0, 0.05) is 4.47 Å². The lowest BCUT2D eigenvalue weighted by atomic mass is 10.2. The van der Waals surface area contributed by atoms with Gasteiger partial charge in [0.15, 0.2) is 0 Å². The third-order valence-corrected chi connectivity index (χ3v) is 4.80. The van der Waals surface area contributed by atoms with Crippen molar-refractivity contribution in [3.05, 3.63) is 57.3 Å². The van der Waals surface area contributed by atoms with Crippen molar-refractivity contribution in [2.45, 2.75) is 11.8 Å². The molecular weight excluding hydrogens is 369 g/mol. The van der Waals surface area contributed by atoms with Gasteiger partial charge in [0.25, 0.3) is 10.0 Å². The first-order valence-electron chi connectivity index (χ1n) is 5.53. The molecule has 0 aliphatic heterocycles. The van der Waals surface area contributed by atoms with Gasteiger partial charge in [0.1, 0.15) is 10.7 Å². The Hall–Kier alpha value is -1.11. The molecule has 0 fully saturated rings. The summed E-state index contributed by atoms with van der Waals surface area (Å²) >= 11 is 9.10. The second-order valence-corrected chi connectivity index (χ2v) is 7.17. The fourth-order valence-corrected chi connectivity index (χ4v) is 3.85. The predicted octanol–water partition coefficient (Wildman–Crippen LogP) is 4.35. The molecule has 7 heteroatoms. The van der Waals surface area contributed by atoms with Crippen molar-refractivity contribution < 1.29 is 12.8 Å². The normalized spacial score (nSPS) is 11.4. The van der Waals surface area contributed by atoms with E-state index in [1.807, 2.05) is 13.0 Å². The van der Waals surface area contributed by atoms with Crippen molar-refractivity contribution in [2.24, 2.45) is 0 Å². The maximum Gasteiger partial charge on any atom is 0.263 e. The molecule has 2 aromatic carbocycles. The van der Waals surface area contributed by atoms with E-state index >= 15 is 0 Å². The van der Waals surface area contributed by atoms with Gasteiger partial charge in [-0.05, 0) is 48.9 Å². The molecule has 3 nitrogen and oxygen atoms in total. The van der Waals surface area contributed by atoms with Gasteiger partial charge in [-0.15, -0.1) is 0 Å². The molecule has 0 aliphatic rings. The molecule has 0 bridgehead atoms. The van der Waals surface area contributed by atoms with Crippen molar-refractivity contribution in [3.63, 3.8) is 0 Å². The van der Waals surface area contributed by atoms with Crippen LogP contribution >= 0.6 is 27.5 Å². The molecule has 1 N–H and O–H groups in total. The zero-order valence-electron chi connectivity index (χ0n) is 10.3. The van der Waals surface area contributed by atoms with E-state index in [2.05, 4.69) is 20.7 Å². The van der Waals surface area contributed by atoms with E-state index in [1.54, 1.807) is 12.1 Å². The van der Waals surface area contributed by atoms with Crippen molar-refractivity contribution in [3.8, 4) is 0 Å². The number of nitrogens with one attached hydrogen (secondary N) is 1. The average molecular weight is 379 g/mol. The molecule has 0 amide bonds. The van der Waals surface area contributed by atoms with Crippen LogP contribution < -0.4 is 4.72 Å². The van der Waals surface area contributed by atoms with Crippen LogP contribution in [-0.2, 0) is 10.0 Å². The average Bonchev–Trinajstić information content (AvgIpc) is 2.30.